The van der Waals surface area contributed by atoms with Gasteiger partial charge in [-0.2, -0.15) is 5.10 Å². The highest BCUT2D eigenvalue weighted by Gasteiger charge is 2.10. The quantitative estimate of drug-likeness (QED) is 0.703. The molecule has 0 spiro atoms. The lowest BCUT2D eigenvalue weighted by atomic mass is 10.1. The normalized spacial score (nSPS) is 10.6. The molecule has 0 aliphatic rings. The number of rotatable bonds is 5. The van der Waals surface area contributed by atoms with Crippen LogP contribution in [0.1, 0.15) is 11.3 Å². The summed E-state index contributed by atoms with van der Waals surface area (Å²) >= 11 is 0. The molecule has 116 valence electrons. The van der Waals surface area contributed by atoms with Gasteiger partial charge in [0.25, 0.3) is 5.56 Å². The minimum absolute atomic E-state index is 0.0199. The Labute approximate surface area is 132 Å². The van der Waals surface area contributed by atoms with Gasteiger partial charge in [0.1, 0.15) is 0 Å². The van der Waals surface area contributed by atoms with Gasteiger partial charge < -0.3 is 0 Å². The highest BCUT2D eigenvalue weighted by molar-refractivity contribution is 5.87. The average molecular weight is 309 g/mol. The molecule has 6 nitrogen and oxygen atoms in total. The maximum Gasteiger partial charge on any atom is 0.272 e. The van der Waals surface area contributed by atoms with Crippen LogP contribution in [0, 0.1) is 0 Å². The van der Waals surface area contributed by atoms with E-state index in [2.05, 4.69) is 15.7 Å². The minimum Gasteiger partial charge on any atom is -0.272 e. The lowest BCUT2D eigenvalue weighted by Crippen LogP contribution is -2.26. The number of hydroxylamine groups is 1. The number of carbonyl (C=O) groups is 1. The molecule has 0 bridgehead atoms. The molecule has 0 radical (unpaired) electrons. The first-order valence-corrected chi connectivity index (χ1v) is 7.15. The van der Waals surface area contributed by atoms with Crippen molar-refractivity contribution in [3.63, 3.8) is 0 Å². The van der Waals surface area contributed by atoms with Gasteiger partial charge in [-0.1, -0.05) is 48.5 Å². The second kappa shape index (κ2) is 6.85. The summed E-state index contributed by atoms with van der Waals surface area (Å²) < 4.78 is 0. The lowest BCUT2D eigenvalue weighted by molar-refractivity contribution is -0.133. The fourth-order valence-corrected chi connectivity index (χ4v) is 2.27. The summed E-state index contributed by atoms with van der Waals surface area (Å²) in [5.74, 6) is -0.328. The second-order valence-corrected chi connectivity index (χ2v) is 5.02. The van der Waals surface area contributed by atoms with Crippen LogP contribution in [0.5, 0.6) is 0 Å². The van der Waals surface area contributed by atoms with Gasteiger partial charge >= 0.3 is 0 Å². The van der Waals surface area contributed by atoms with Gasteiger partial charge in [-0.3, -0.25) is 14.4 Å². The van der Waals surface area contributed by atoms with Crippen LogP contribution in [0.25, 0.3) is 10.8 Å². The van der Waals surface area contributed by atoms with Crippen LogP contribution in [-0.2, 0) is 22.7 Å². The Morgan fingerprint density at radius 1 is 1.04 bits per heavy atom. The molecule has 2 N–H and O–H groups in total. The third kappa shape index (κ3) is 3.61. The Bertz CT molecular complexity index is 875. The van der Waals surface area contributed by atoms with Crippen LogP contribution in [0.2, 0.25) is 0 Å². The number of benzene rings is 2. The number of carbonyl (C=O) groups excluding carboxylic acids is 1. The zero-order chi connectivity index (χ0) is 16.1. The minimum atomic E-state index is -0.328. The van der Waals surface area contributed by atoms with E-state index in [9.17, 15) is 9.59 Å². The first-order valence-electron chi connectivity index (χ1n) is 7.15. The Morgan fingerprint density at radius 2 is 1.74 bits per heavy atom. The summed E-state index contributed by atoms with van der Waals surface area (Å²) in [6.45, 7) is 0.284. The Morgan fingerprint density at radius 3 is 2.52 bits per heavy atom. The zero-order valence-corrected chi connectivity index (χ0v) is 12.3. The Kier molecular flexibility index (Phi) is 4.44. The molecule has 0 unspecified atom stereocenters. The molecule has 3 rings (SSSR count). The SMILES string of the molecule is O=C(Cc1n[nH]c(=O)c2ccccc12)NOCc1ccccc1. The van der Waals surface area contributed by atoms with E-state index in [0.717, 1.165) is 5.56 Å². The number of H-pyrrole nitrogens is 1. The van der Waals surface area contributed by atoms with Crippen LogP contribution in [0.4, 0.5) is 0 Å². The van der Waals surface area contributed by atoms with E-state index in [0.29, 0.717) is 16.5 Å². The molecule has 2 aromatic carbocycles. The summed E-state index contributed by atoms with van der Waals surface area (Å²) in [6.07, 6.45) is 0.0199. The number of nitrogens with one attached hydrogen (secondary N) is 2. The van der Waals surface area contributed by atoms with E-state index < -0.39 is 0 Å². The molecule has 1 aromatic heterocycles. The van der Waals surface area contributed by atoms with Gasteiger partial charge in [0.15, 0.2) is 0 Å². The van der Waals surface area contributed by atoms with Crippen molar-refractivity contribution in [2.45, 2.75) is 13.0 Å². The number of aromatic nitrogens is 2. The molecule has 0 fully saturated rings. The monoisotopic (exact) mass is 309 g/mol. The van der Waals surface area contributed by atoms with Gasteiger partial charge in [-0.25, -0.2) is 10.6 Å². The third-order valence-electron chi connectivity index (χ3n) is 3.37. The van der Waals surface area contributed by atoms with Crippen molar-refractivity contribution in [1.29, 1.82) is 0 Å². The standard InChI is InChI=1S/C17H15N3O3/c21-16(20-23-11-12-6-2-1-3-7-12)10-15-13-8-4-5-9-14(13)17(22)19-18-15/h1-9H,10-11H2,(H,19,22)(H,20,21). The van der Waals surface area contributed by atoms with Crippen molar-refractivity contribution >= 4 is 16.7 Å². The van der Waals surface area contributed by atoms with Crippen molar-refractivity contribution in [1.82, 2.24) is 15.7 Å². The van der Waals surface area contributed by atoms with Gasteiger partial charge in [-0.05, 0) is 11.6 Å². The number of amides is 1. The van der Waals surface area contributed by atoms with Gasteiger partial charge in [-0.15, -0.1) is 0 Å². The van der Waals surface area contributed by atoms with E-state index in [1.165, 1.54) is 0 Å². The molecule has 0 atom stereocenters. The van der Waals surface area contributed by atoms with Crippen molar-refractivity contribution in [2.24, 2.45) is 0 Å². The second-order valence-electron chi connectivity index (χ2n) is 5.02. The molecular weight excluding hydrogens is 294 g/mol. The van der Waals surface area contributed by atoms with Crippen LogP contribution < -0.4 is 11.0 Å². The predicted molar refractivity (Wildman–Crippen MR) is 85.4 cm³/mol. The van der Waals surface area contributed by atoms with E-state index in [4.69, 9.17) is 4.84 Å². The summed E-state index contributed by atoms with van der Waals surface area (Å²) in [4.78, 5) is 28.9. The molecule has 1 amide bonds. The summed E-state index contributed by atoms with van der Waals surface area (Å²) in [6, 6.07) is 16.6. The van der Waals surface area contributed by atoms with E-state index >= 15 is 0 Å². The van der Waals surface area contributed by atoms with Crippen molar-refractivity contribution in [2.75, 3.05) is 0 Å². The molecule has 0 aliphatic carbocycles. The molecule has 0 saturated heterocycles. The number of aromatic amines is 1. The smallest absolute Gasteiger partial charge is 0.272 e. The first kappa shape index (κ1) is 14.9. The zero-order valence-electron chi connectivity index (χ0n) is 12.3. The topological polar surface area (TPSA) is 84.1 Å². The first-order chi connectivity index (χ1) is 11.2. The summed E-state index contributed by atoms with van der Waals surface area (Å²) in [5, 5.41) is 7.53. The van der Waals surface area contributed by atoms with Crippen LogP contribution >= 0.6 is 0 Å². The Hall–Kier alpha value is -2.99. The molecule has 6 heteroatoms. The van der Waals surface area contributed by atoms with Gasteiger partial charge in [0.05, 0.1) is 24.1 Å². The van der Waals surface area contributed by atoms with Crippen molar-refractivity contribution < 1.29 is 9.63 Å². The Balaban J connectivity index is 1.64. The maximum atomic E-state index is 12.0. The summed E-state index contributed by atoms with van der Waals surface area (Å²) in [7, 11) is 0. The number of hydrogen-bond donors (Lipinski definition) is 2. The molecule has 1 heterocycles. The van der Waals surface area contributed by atoms with Gasteiger partial charge in [0.2, 0.25) is 5.91 Å². The largest absolute Gasteiger partial charge is 0.272 e. The molecule has 0 aliphatic heterocycles. The number of hydrogen-bond acceptors (Lipinski definition) is 4. The number of nitrogens with zero attached hydrogens (tertiary/aromatic N) is 1. The van der Waals surface area contributed by atoms with Gasteiger partial charge in [0, 0.05) is 5.39 Å². The van der Waals surface area contributed by atoms with Crippen molar-refractivity contribution in [3.8, 4) is 0 Å². The molecule has 23 heavy (non-hydrogen) atoms. The predicted octanol–water partition coefficient (Wildman–Crippen LogP) is 1.71. The molecule has 3 aromatic rings. The highest BCUT2D eigenvalue weighted by Crippen LogP contribution is 2.12. The van der Waals surface area contributed by atoms with E-state index in [1.807, 2.05) is 30.3 Å². The fraction of sp³-hybridized carbons (Fsp3) is 0.118. The van der Waals surface area contributed by atoms with Crippen LogP contribution in [0.15, 0.2) is 59.4 Å². The van der Waals surface area contributed by atoms with Crippen LogP contribution in [-0.4, -0.2) is 16.1 Å². The fourth-order valence-electron chi connectivity index (χ4n) is 2.27. The highest BCUT2D eigenvalue weighted by atomic mass is 16.6. The lowest BCUT2D eigenvalue weighted by Gasteiger charge is -2.07. The number of fused-ring (bicyclic) bond motifs is 1. The van der Waals surface area contributed by atoms with Crippen molar-refractivity contribution in [3.05, 3.63) is 76.2 Å². The molecular formula is C17H15N3O3. The third-order valence-corrected chi connectivity index (χ3v) is 3.37. The van der Waals surface area contributed by atoms with Crippen LogP contribution in [0.3, 0.4) is 0 Å². The maximum absolute atomic E-state index is 12.0. The average Bonchev–Trinajstić information content (AvgIpc) is 2.59. The van der Waals surface area contributed by atoms with E-state index in [-0.39, 0.29) is 24.5 Å². The molecule has 0 saturated carbocycles. The summed E-state index contributed by atoms with van der Waals surface area (Å²) in [5.41, 5.74) is 3.57. The van der Waals surface area contributed by atoms with E-state index in [1.54, 1.807) is 24.3 Å².